The summed E-state index contributed by atoms with van der Waals surface area (Å²) < 4.78 is 11.2. The SMILES string of the molecule is CN(Cc1ccc(N2CCOCC2)cc1)C(=O)[C@H]1Cc2ccccc2O1. The molecule has 0 bridgehead atoms. The molecule has 2 aliphatic rings. The van der Waals surface area contributed by atoms with E-state index in [4.69, 9.17) is 9.47 Å². The van der Waals surface area contributed by atoms with E-state index in [1.165, 1.54) is 5.69 Å². The molecule has 4 rings (SSSR count). The Morgan fingerprint density at radius 3 is 2.58 bits per heavy atom. The summed E-state index contributed by atoms with van der Waals surface area (Å²) in [4.78, 5) is 16.8. The number of carbonyl (C=O) groups is 1. The van der Waals surface area contributed by atoms with E-state index in [-0.39, 0.29) is 5.91 Å². The Hall–Kier alpha value is -2.53. The quantitative estimate of drug-likeness (QED) is 0.848. The fraction of sp³-hybridized carbons (Fsp3) is 0.381. The molecule has 2 heterocycles. The lowest BCUT2D eigenvalue weighted by Gasteiger charge is -2.29. The summed E-state index contributed by atoms with van der Waals surface area (Å²) in [7, 11) is 1.84. The molecule has 1 saturated heterocycles. The van der Waals surface area contributed by atoms with Crippen LogP contribution in [-0.4, -0.2) is 50.3 Å². The van der Waals surface area contributed by atoms with Gasteiger partial charge in [-0.2, -0.15) is 0 Å². The molecule has 5 heteroatoms. The molecule has 0 saturated carbocycles. The zero-order chi connectivity index (χ0) is 17.9. The first kappa shape index (κ1) is 16.9. The van der Waals surface area contributed by atoms with Gasteiger partial charge in [0.2, 0.25) is 0 Å². The number of ether oxygens (including phenoxy) is 2. The number of benzene rings is 2. The highest BCUT2D eigenvalue weighted by molar-refractivity contribution is 5.82. The van der Waals surface area contributed by atoms with E-state index in [9.17, 15) is 4.79 Å². The highest BCUT2D eigenvalue weighted by atomic mass is 16.5. The summed E-state index contributed by atoms with van der Waals surface area (Å²) in [6, 6.07) is 16.3. The highest BCUT2D eigenvalue weighted by Crippen LogP contribution is 2.29. The maximum Gasteiger partial charge on any atom is 0.264 e. The van der Waals surface area contributed by atoms with Crippen LogP contribution < -0.4 is 9.64 Å². The fourth-order valence-corrected chi connectivity index (χ4v) is 3.55. The van der Waals surface area contributed by atoms with E-state index < -0.39 is 6.10 Å². The van der Waals surface area contributed by atoms with Gasteiger partial charge in [-0.25, -0.2) is 0 Å². The van der Waals surface area contributed by atoms with Crippen molar-refractivity contribution >= 4 is 11.6 Å². The fourth-order valence-electron chi connectivity index (χ4n) is 3.55. The average Bonchev–Trinajstić information content (AvgIpc) is 3.13. The number of hydrogen-bond acceptors (Lipinski definition) is 4. The van der Waals surface area contributed by atoms with E-state index in [0.29, 0.717) is 13.0 Å². The number of hydrogen-bond donors (Lipinski definition) is 0. The van der Waals surface area contributed by atoms with E-state index in [1.54, 1.807) is 4.90 Å². The predicted octanol–water partition coefficient (Wildman–Crippen LogP) is 2.49. The zero-order valence-electron chi connectivity index (χ0n) is 15.1. The first-order valence-electron chi connectivity index (χ1n) is 9.12. The van der Waals surface area contributed by atoms with Crippen molar-refractivity contribution in [3.8, 4) is 5.75 Å². The van der Waals surface area contributed by atoms with Gasteiger partial charge in [-0.3, -0.25) is 4.79 Å². The minimum absolute atomic E-state index is 0.0263. The lowest BCUT2D eigenvalue weighted by Crippen LogP contribution is -2.38. The van der Waals surface area contributed by atoms with Gasteiger partial charge in [0.25, 0.3) is 5.91 Å². The van der Waals surface area contributed by atoms with Crippen LogP contribution in [-0.2, 0) is 22.5 Å². The molecule has 0 radical (unpaired) electrons. The normalized spacial score (nSPS) is 19.0. The van der Waals surface area contributed by atoms with Gasteiger partial charge in [0, 0.05) is 38.8 Å². The van der Waals surface area contributed by atoms with E-state index in [0.717, 1.165) is 43.2 Å². The number of likely N-dealkylation sites (N-methyl/N-ethyl adjacent to an activating group) is 1. The molecule has 0 unspecified atom stereocenters. The van der Waals surface area contributed by atoms with Crippen LogP contribution in [0, 0.1) is 0 Å². The van der Waals surface area contributed by atoms with Gasteiger partial charge in [0.1, 0.15) is 5.75 Å². The van der Waals surface area contributed by atoms with Crippen molar-refractivity contribution in [3.63, 3.8) is 0 Å². The number of nitrogens with zero attached hydrogens (tertiary/aromatic N) is 2. The van der Waals surface area contributed by atoms with Crippen LogP contribution in [0.2, 0.25) is 0 Å². The van der Waals surface area contributed by atoms with E-state index in [1.807, 2.05) is 31.3 Å². The van der Waals surface area contributed by atoms with Crippen LogP contribution in [0.3, 0.4) is 0 Å². The Morgan fingerprint density at radius 2 is 1.85 bits per heavy atom. The maximum atomic E-state index is 12.7. The van der Waals surface area contributed by atoms with Gasteiger partial charge >= 0.3 is 0 Å². The molecule has 2 aliphatic heterocycles. The van der Waals surface area contributed by atoms with Crippen molar-refractivity contribution in [1.29, 1.82) is 0 Å². The Kier molecular flexibility index (Phi) is 4.80. The van der Waals surface area contributed by atoms with Crippen molar-refractivity contribution in [3.05, 3.63) is 59.7 Å². The Bertz CT molecular complexity index is 744. The standard InChI is InChI=1S/C21H24N2O3/c1-22(21(24)20-14-17-4-2-3-5-19(17)26-20)15-16-6-8-18(9-7-16)23-10-12-25-13-11-23/h2-9,20H,10-15H2,1H3/t20-/m1/s1. The molecule has 1 fully saturated rings. The molecule has 0 N–H and O–H groups in total. The summed E-state index contributed by atoms with van der Waals surface area (Å²) in [6.45, 7) is 4.00. The topological polar surface area (TPSA) is 42.0 Å². The number of amides is 1. The third kappa shape index (κ3) is 3.53. The monoisotopic (exact) mass is 352 g/mol. The predicted molar refractivity (Wildman–Crippen MR) is 101 cm³/mol. The first-order valence-corrected chi connectivity index (χ1v) is 9.12. The number of anilines is 1. The van der Waals surface area contributed by atoms with Crippen LogP contribution in [0.1, 0.15) is 11.1 Å². The molecule has 1 atom stereocenters. The van der Waals surface area contributed by atoms with Crippen molar-refractivity contribution in [1.82, 2.24) is 4.90 Å². The smallest absolute Gasteiger partial charge is 0.264 e. The zero-order valence-corrected chi connectivity index (χ0v) is 15.1. The van der Waals surface area contributed by atoms with Gasteiger partial charge < -0.3 is 19.3 Å². The van der Waals surface area contributed by atoms with Gasteiger partial charge in [-0.05, 0) is 29.3 Å². The second kappa shape index (κ2) is 7.38. The number of rotatable bonds is 4. The Morgan fingerprint density at radius 1 is 1.12 bits per heavy atom. The third-order valence-electron chi connectivity index (χ3n) is 5.03. The molecule has 2 aromatic carbocycles. The minimum Gasteiger partial charge on any atom is -0.480 e. The Labute approximate surface area is 154 Å². The molecule has 1 amide bonds. The lowest BCUT2D eigenvalue weighted by molar-refractivity contribution is -0.137. The summed E-state index contributed by atoms with van der Waals surface area (Å²) in [5.74, 6) is 0.854. The molecule has 0 aliphatic carbocycles. The van der Waals surface area contributed by atoms with Gasteiger partial charge in [0.05, 0.1) is 13.2 Å². The number of carbonyl (C=O) groups excluding carboxylic acids is 1. The van der Waals surface area contributed by atoms with Crippen molar-refractivity contribution < 1.29 is 14.3 Å². The third-order valence-corrected chi connectivity index (χ3v) is 5.03. The van der Waals surface area contributed by atoms with Crippen molar-refractivity contribution in [2.75, 3.05) is 38.3 Å². The number of morpholine rings is 1. The minimum atomic E-state index is -0.412. The number of fused-ring (bicyclic) bond motifs is 1. The van der Waals surface area contributed by atoms with Crippen molar-refractivity contribution in [2.45, 2.75) is 19.1 Å². The van der Waals surface area contributed by atoms with Crippen LogP contribution in [0.5, 0.6) is 5.75 Å². The summed E-state index contributed by atoms with van der Waals surface area (Å²) in [5.41, 5.74) is 3.43. The van der Waals surface area contributed by atoms with Gasteiger partial charge in [-0.1, -0.05) is 30.3 Å². The molecule has 2 aromatic rings. The molecular weight excluding hydrogens is 328 g/mol. The highest BCUT2D eigenvalue weighted by Gasteiger charge is 2.30. The van der Waals surface area contributed by atoms with Crippen LogP contribution in [0.4, 0.5) is 5.69 Å². The second-order valence-corrected chi connectivity index (χ2v) is 6.88. The largest absolute Gasteiger partial charge is 0.480 e. The molecule has 5 nitrogen and oxygen atoms in total. The van der Waals surface area contributed by atoms with Gasteiger partial charge in [0.15, 0.2) is 6.10 Å². The number of para-hydroxylation sites is 1. The molecule has 0 aromatic heterocycles. The summed E-state index contributed by atoms with van der Waals surface area (Å²) >= 11 is 0. The van der Waals surface area contributed by atoms with Gasteiger partial charge in [-0.15, -0.1) is 0 Å². The average molecular weight is 352 g/mol. The summed E-state index contributed by atoms with van der Waals surface area (Å²) in [6.07, 6.45) is 0.236. The van der Waals surface area contributed by atoms with Crippen molar-refractivity contribution in [2.24, 2.45) is 0 Å². The maximum absolute atomic E-state index is 12.7. The Balaban J connectivity index is 1.35. The second-order valence-electron chi connectivity index (χ2n) is 6.88. The summed E-state index contributed by atoms with van der Waals surface area (Å²) in [5, 5.41) is 0. The van der Waals surface area contributed by atoms with E-state index in [2.05, 4.69) is 29.2 Å². The molecular formula is C21H24N2O3. The molecule has 26 heavy (non-hydrogen) atoms. The molecule has 0 spiro atoms. The van der Waals surface area contributed by atoms with Crippen LogP contribution >= 0.6 is 0 Å². The van der Waals surface area contributed by atoms with Crippen LogP contribution in [0.25, 0.3) is 0 Å². The van der Waals surface area contributed by atoms with Crippen LogP contribution in [0.15, 0.2) is 48.5 Å². The lowest BCUT2D eigenvalue weighted by atomic mass is 10.1. The molecule has 136 valence electrons. The first-order chi connectivity index (χ1) is 12.7. The van der Waals surface area contributed by atoms with E-state index >= 15 is 0 Å².